The molecule has 0 unspecified atom stereocenters. The van der Waals surface area contributed by atoms with Crippen LogP contribution in [0.15, 0.2) is 121 Å². The second-order valence-electron chi connectivity index (χ2n) is 17.2. The normalized spacial score (nSPS) is 11.6. The van der Waals surface area contributed by atoms with Crippen LogP contribution < -0.4 is 28.9 Å². The smallest absolute Gasteiger partial charge is 0.454 e. The summed E-state index contributed by atoms with van der Waals surface area (Å²) in [5.41, 5.74) is -0.125. The van der Waals surface area contributed by atoms with Crippen molar-refractivity contribution in [2.45, 2.75) is 0 Å². The number of para-hydroxylation sites is 4. The van der Waals surface area contributed by atoms with Gasteiger partial charge in [-0.25, -0.2) is 9.97 Å². The Morgan fingerprint density at radius 3 is 0.741 bits per heavy atom. The Morgan fingerprint density at radius 2 is 0.469 bits per heavy atom. The Morgan fingerprint density at radius 1 is 0.247 bits per heavy atom. The molecule has 401 valence electrons. The van der Waals surface area contributed by atoms with Crippen LogP contribution in [-0.4, -0.2) is 29.9 Å². The fourth-order valence-electron chi connectivity index (χ4n) is 8.92. The molecule has 5 heterocycles. The minimum atomic E-state index is -0.127. The monoisotopic (exact) mass is 1350 g/mol. The third-order valence-corrected chi connectivity index (χ3v) is 17.2. The molecule has 12 nitrogen and oxygen atoms in total. The maximum atomic E-state index is 7.39. The zero-order valence-electron chi connectivity index (χ0n) is 39.6. The van der Waals surface area contributed by atoms with Gasteiger partial charge in [0.1, 0.15) is 43.1 Å². The molecule has 8 aromatic carbocycles. The van der Waals surface area contributed by atoms with Crippen molar-refractivity contribution in [3.05, 3.63) is 182 Å². The van der Waals surface area contributed by atoms with Crippen molar-refractivity contribution in [1.29, 1.82) is 0 Å². The number of hydrogen-bond donors (Lipinski definition) is 0. The minimum absolute atomic E-state index is 0. The van der Waals surface area contributed by atoms with E-state index in [-0.39, 0.29) is 190 Å². The van der Waals surface area contributed by atoms with E-state index in [1.165, 1.54) is 0 Å². The van der Waals surface area contributed by atoms with Crippen LogP contribution in [0.25, 0.3) is 89.7 Å². The summed E-state index contributed by atoms with van der Waals surface area (Å²) >= 11 is 87.2. The Kier molecular flexibility index (Phi) is 15.3. The number of rotatable bonds is 8. The topological polar surface area (TPSA) is 142 Å². The van der Waals surface area contributed by atoms with Crippen molar-refractivity contribution in [3.8, 4) is 91.5 Å². The Balaban J connectivity index is 0.00000651. The van der Waals surface area contributed by atoms with E-state index < -0.39 is 0 Å². The summed E-state index contributed by atoms with van der Waals surface area (Å²) < 4.78 is 25.2. The molecule has 81 heavy (non-hydrogen) atoms. The van der Waals surface area contributed by atoms with Crippen molar-refractivity contribution in [2.24, 2.45) is 0 Å². The van der Waals surface area contributed by atoms with Gasteiger partial charge in [-0.1, -0.05) is 212 Å². The minimum Gasteiger partial charge on any atom is -0.454 e. The summed E-state index contributed by atoms with van der Waals surface area (Å²) in [6.45, 7) is 0. The molecule has 0 fully saturated rings. The van der Waals surface area contributed by atoms with Crippen LogP contribution in [0.2, 0.25) is 60.3 Å². The Hall–Kier alpha value is -5.69. The van der Waals surface area contributed by atoms with Gasteiger partial charge in [-0.2, -0.15) is 0 Å². The van der Waals surface area contributed by atoms with E-state index in [9.17, 15) is 0 Å². The van der Waals surface area contributed by atoms with Gasteiger partial charge in [0.2, 0.25) is 0 Å². The number of ether oxygens (including phenoxy) is 4. The maximum Gasteiger partial charge on any atom is 2.00 e. The van der Waals surface area contributed by atoms with Crippen LogP contribution in [0.3, 0.4) is 0 Å². The second kappa shape index (κ2) is 22.1. The van der Waals surface area contributed by atoms with Crippen LogP contribution >= 0.6 is 139 Å². The van der Waals surface area contributed by atoms with Gasteiger partial charge >= 0.3 is 16.8 Å². The third-order valence-electron chi connectivity index (χ3n) is 12.5. The Labute approximate surface area is 527 Å². The molecular weight excluding hydrogens is 1330 g/mol. The van der Waals surface area contributed by atoms with E-state index in [4.69, 9.17) is 198 Å². The van der Waals surface area contributed by atoms with Crippen LogP contribution in [0.5, 0.6) is 46.0 Å². The standard InChI is InChI=1S/C56H20Cl12N8O4.Co/c57-33-25-29(37(61)45(41(33)65)77-21-13-5-1-6-14-21)53-69-49(25)74-54-31-27(35(59)43(67)47(39(31)63)79-23-17-9-3-10-18-23)51(71-54)76-56-32-28(36(60)44(68)48(40(32)64)80-24-19-11-4-12-20-24)52(72-56)75-55-30-26(50(70-55)73-53)34(58)42(66)46(38(30)62)78-22-15-7-2-8-16-22;/h1-20H;/q-2;+2. The van der Waals surface area contributed by atoms with Crippen molar-refractivity contribution in [2.75, 3.05) is 0 Å². The molecule has 13 rings (SSSR count). The third kappa shape index (κ3) is 9.49. The van der Waals surface area contributed by atoms with Gasteiger partial charge in [0, 0.05) is 66.4 Å². The first-order valence-electron chi connectivity index (χ1n) is 23.1. The summed E-state index contributed by atoms with van der Waals surface area (Å²) in [5, 5.41) is -0.694. The number of halogens is 12. The maximum absolute atomic E-state index is 7.39. The number of fused-ring (bicyclic) bond motifs is 20. The fourth-order valence-corrected chi connectivity index (χ4v) is 12.3. The van der Waals surface area contributed by atoms with Crippen molar-refractivity contribution in [3.63, 3.8) is 0 Å². The van der Waals surface area contributed by atoms with Crippen molar-refractivity contribution >= 4 is 183 Å². The average Bonchev–Trinajstić information content (AvgIpc) is 4.33. The molecule has 1 radical (unpaired) electrons. The van der Waals surface area contributed by atoms with Gasteiger partial charge in [0.15, 0.2) is 23.0 Å². The van der Waals surface area contributed by atoms with E-state index in [1.54, 1.807) is 97.1 Å². The molecule has 0 aliphatic carbocycles. The second-order valence-corrected chi connectivity index (χ2v) is 21.8. The summed E-state index contributed by atoms with van der Waals surface area (Å²) in [6, 6.07) is 35.0. The van der Waals surface area contributed by atoms with Crippen molar-refractivity contribution in [1.82, 2.24) is 39.9 Å². The first kappa shape index (κ1) is 55.8. The summed E-state index contributed by atoms with van der Waals surface area (Å²) in [6.07, 6.45) is 0. The zero-order valence-corrected chi connectivity index (χ0v) is 49.7. The zero-order chi connectivity index (χ0) is 55.4. The molecule has 0 saturated heterocycles. The van der Waals surface area contributed by atoms with E-state index in [0.29, 0.717) is 23.0 Å². The number of aromatic nitrogens is 8. The molecule has 0 atom stereocenters. The molecule has 3 aromatic heterocycles. The van der Waals surface area contributed by atoms with E-state index >= 15 is 0 Å². The van der Waals surface area contributed by atoms with E-state index in [0.717, 1.165) is 0 Å². The predicted molar refractivity (Wildman–Crippen MR) is 320 cm³/mol. The molecule has 2 aliphatic heterocycles. The summed E-state index contributed by atoms with van der Waals surface area (Å²) in [4.78, 5) is 39.9. The van der Waals surface area contributed by atoms with Crippen LogP contribution in [0.1, 0.15) is 0 Å². The number of nitrogens with zero attached hydrogens (tertiary/aromatic N) is 8. The number of benzene rings is 8. The van der Waals surface area contributed by atoms with Crippen LogP contribution in [-0.2, 0) is 16.8 Å². The van der Waals surface area contributed by atoms with Crippen LogP contribution in [0.4, 0.5) is 0 Å². The van der Waals surface area contributed by atoms with Gasteiger partial charge in [0.25, 0.3) is 0 Å². The molecule has 0 saturated carbocycles. The number of hydrogen-bond acceptors (Lipinski definition) is 10. The van der Waals surface area contributed by atoms with Gasteiger partial charge < -0.3 is 48.9 Å². The van der Waals surface area contributed by atoms with E-state index in [1.807, 2.05) is 24.3 Å². The molecule has 25 heteroatoms. The molecule has 0 spiro atoms. The SMILES string of the molecule is Clc1c(Cl)c2c(c(Cl)c1Oc1ccccc1)-c1nc-2nc2[n-]c(nc3nc(nc4[n-]c(n1)c1c(Cl)c(Cl)c(Oc5ccccc5)c(Cl)c41)-c1c(Cl)c(Cl)c(Oc4ccccc4)c(Cl)c1-3)c1c(Cl)c(Cl)c(Oc3ccccc3)c(Cl)c21.[Co+2]. The molecule has 8 bridgehead atoms. The van der Waals surface area contributed by atoms with Gasteiger partial charge in [-0.05, 0) is 48.5 Å². The molecule has 0 amide bonds. The summed E-state index contributed by atoms with van der Waals surface area (Å²) in [7, 11) is 0. The van der Waals surface area contributed by atoms with E-state index in [2.05, 4.69) is 0 Å². The summed E-state index contributed by atoms with van der Waals surface area (Å²) in [5.74, 6) is 0.841. The fraction of sp³-hybridized carbons (Fsp3) is 0. The predicted octanol–water partition coefficient (Wildman–Crippen LogP) is 21.1. The van der Waals surface area contributed by atoms with Crippen molar-refractivity contribution < 1.29 is 35.7 Å². The molecular formula is C56H20Cl12CoN8O4. The largest absolute Gasteiger partial charge is 2.00 e. The molecule has 0 N–H and O–H groups in total. The first-order chi connectivity index (χ1) is 38.7. The average molecular weight is 1350 g/mol. The van der Waals surface area contributed by atoms with Gasteiger partial charge in [0.05, 0.1) is 63.5 Å². The first-order valence-corrected chi connectivity index (χ1v) is 27.7. The quantitative estimate of drug-likeness (QED) is 0.134. The van der Waals surface area contributed by atoms with Gasteiger partial charge in [-0.15, -0.1) is 0 Å². The molecule has 11 aromatic rings. The molecule has 2 aliphatic rings. The van der Waals surface area contributed by atoms with Crippen LogP contribution in [0, 0.1) is 0 Å². The van der Waals surface area contributed by atoms with Gasteiger partial charge in [-0.3, -0.25) is 0 Å². The Bertz CT molecular complexity index is 4350.